The van der Waals surface area contributed by atoms with Crippen molar-refractivity contribution in [1.82, 2.24) is 10.1 Å². The van der Waals surface area contributed by atoms with E-state index < -0.39 is 0 Å². The average molecular weight is 306 g/mol. The highest BCUT2D eigenvalue weighted by Gasteiger charge is 2.31. The molecule has 110 valence electrons. The number of nitrogens with zero attached hydrogens (tertiary/aromatic N) is 2. The molecule has 1 atom stereocenters. The lowest BCUT2D eigenvalue weighted by molar-refractivity contribution is -0.117. The highest BCUT2D eigenvalue weighted by molar-refractivity contribution is 8.00. The summed E-state index contributed by atoms with van der Waals surface area (Å²) in [6.07, 6.45) is 0. The Kier molecular flexibility index (Phi) is 3.83. The highest BCUT2D eigenvalue weighted by Crippen LogP contribution is 2.33. The number of thioether (sulfide) groups is 1. The number of methoxy groups -OCH3 is 2. The third kappa shape index (κ3) is 2.61. The number of aromatic nitrogens is 2. The predicted octanol–water partition coefficient (Wildman–Crippen LogP) is 2.15. The summed E-state index contributed by atoms with van der Waals surface area (Å²) in [7, 11) is 3.14. The zero-order chi connectivity index (χ0) is 14.8. The number of rotatable bonds is 4. The molecule has 0 N–H and O–H groups in total. The lowest BCUT2D eigenvalue weighted by Gasteiger charge is -2.07. The largest absolute Gasteiger partial charge is 0.493 e. The lowest BCUT2D eigenvalue weighted by Crippen LogP contribution is -2.09. The molecule has 0 amide bonds. The minimum absolute atomic E-state index is 0.141. The van der Waals surface area contributed by atoms with Crippen LogP contribution in [0, 0.1) is 0 Å². The van der Waals surface area contributed by atoms with Crippen LogP contribution in [0.2, 0.25) is 0 Å². The number of carbonyl (C=O) groups excluding carboxylic acids is 1. The van der Waals surface area contributed by atoms with Gasteiger partial charge in [-0.2, -0.15) is 16.7 Å². The van der Waals surface area contributed by atoms with Gasteiger partial charge in [0.15, 0.2) is 17.3 Å². The molecule has 0 saturated carbocycles. The molecule has 2 heterocycles. The van der Waals surface area contributed by atoms with E-state index in [1.165, 1.54) is 0 Å². The van der Waals surface area contributed by atoms with E-state index in [0.717, 1.165) is 5.56 Å². The van der Waals surface area contributed by atoms with Gasteiger partial charge in [0.1, 0.15) is 5.92 Å². The van der Waals surface area contributed by atoms with Crippen LogP contribution in [0.25, 0.3) is 11.4 Å². The fourth-order valence-corrected chi connectivity index (χ4v) is 3.23. The van der Waals surface area contributed by atoms with Gasteiger partial charge in [0, 0.05) is 11.3 Å². The molecule has 6 nitrogen and oxygen atoms in total. The maximum atomic E-state index is 11.7. The third-order valence-electron chi connectivity index (χ3n) is 3.30. The van der Waals surface area contributed by atoms with E-state index in [4.69, 9.17) is 14.0 Å². The number of hydrogen-bond acceptors (Lipinski definition) is 7. The maximum absolute atomic E-state index is 11.7. The molecule has 0 aliphatic carbocycles. The van der Waals surface area contributed by atoms with Crippen molar-refractivity contribution in [2.45, 2.75) is 5.92 Å². The van der Waals surface area contributed by atoms with E-state index in [1.54, 1.807) is 38.1 Å². The van der Waals surface area contributed by atoms with Crippen molar-refractivity contribution in [2.75, 3.05) is 25.7 Å². The summed E-state index contributed by atoms with van der Waals surface area (Å²) in [5.74, 6) is 3.12. The fourth-order valence-electron chi connectivity index (χ4n) is 2.15. The molecule has 1 fully saturated rings. The first-order valence-corrected chi connectivity index (χ1v) is 7.55. The van der Waals surface area contributed by atoms with Gasteiger partial charge in [0.2, 0.25) is 11.7 Å². The standard InChI is InChI=1S/C14H14N2O4S/c1-18-11-4-3-8(5-12(11)19-2)13-15-14(20-16-13)9-6-21-7-10(9)17/h3-5,9H,6-7H2,1-2H3. The van der Waals surface area contributed by atoms with Crippen LogP contribution in [0.1, 0.15) is 11.8 Å². The minimum Gasteiger partial charge on any atom is -0.493 e. The smallest absolute Gasteiger partial charge is 0.238 e. The number of ether oxygens (including phenoxy) is 2. The van der Waals surface area contributed by atoms with Gasteiger partial charge in [-0.3, -0.25) is 4.79 Å². The molecule has 1 saturated heterocycles. The first-order chi connectivity index (χ1) is 10.2. The molecule has 21 heavy (non-hydrogen) atoms. The SMILES string of the molecule is COc1ccc(-c2noc(C3CSCC3=O)n2)cc1OC. The van der Waals surface area contributed by atoms with E-state index in [-0.39, 0.29) is 11.7 Å². The normalized spacial score (nSPS) is 18.0. The summed E-state index contributed by atoms with van der Waals surface area (Å²) < 4.78 is 15.7. The van der Waals surface area contributed by atoms with Crippen LogP contribution in [0.5, 0.6) is 11.5 Å². The third-order valence-corrected chi connectivity index (χ3v) is 4.36. The Labute approximate surface area is 125 Å². The summed E-state index contributed by atoms with van der Waals surface area (Å²) in [6, 6.07) is 5.38. The number of Topliss-reactive ketones (excluding diaryl/α,β-unsaturated/α-hetero) is 1. The molecule has 0 radical (unpaired) electrons. The highest BCUT2D eigenvalue weighted by atomic mass is 32.2. The second kappa shape index (κ2) is 5.77. The molecule has 1 aliphatic heterocycles. The van der Waals surface area contributed by atoms with E-state index in [1.807, 2.05) is 6.07 Å². The second-order valence-corrected chi connectivity index (χ2v) is 5.59. The molecule has 1 aromatic heterocycles. The Balaban J connectivity index is 1.91. The van der Waals surface area contributed by atoms with Gasteiger partial charge >= 0.3 is 0 Å². The number of ketones is 1. The van der Waals surface area contributed by atoms with Crippen molar-refractivity contribution in [3.63, 3.8) is 0 Å². The second-order valence-electron chi connectivity index (χ2n) is 4.56. The Bertz CT molecular complexity index is 671. The molecule has 2 aromatic rings. The van der Waals surface area contributed by atoms with E-state index in [2.05, 4.69) is 10.1 Å². The minimum atomic E-state index is -0.281. The van der Waals surface area contributed by atoms with E-state index in [0.29, 0.717) is 34.7 Å². The Morgan fingerprint density at radius 1 is 1.29 bits per heavy atom. The predicted molar refractivity (Wildman–Crippen MR) is 77.9 cm³/mol. The molecule has 7 heteroatoms. The quantitative estimate of drug-likeness (QED) is 0.856. The van der Waals surface area contributed by atoms with Crippen molar-refractivity contribution in [3.8, 4) is 22.9 Å². The van der Waals surface area contributed by atoms with Gasteiger partial charge in [0.25, 0.3) is 0 Å². The van der Waals surface area contributed by atoms with Crippen LogP contribution in [0.3, 0.4) is 0 Å². The van der Waals surface area contributed by atoms with Crippen molar-refractivity contribution in [1.29, 1.82) is 0 Å². The Morgan fingerprint density at radius 2 is 2.10 bits per heavy atom. The van der Waals surface area contributed by atoms with Crippen LogP contribution in [0.15, 0.2) is 22.7 Å². The first-order valence-electron chi connectivity index (χ1n) is 6.39. The fraction of sp³-hybridized carbons (Fsp3) is 0.357. The van der Waals surface area contributed by atoms with Crippen LogP contribution in [-0.4, -0.2) is 41.6 Å². The zero-order valence-electron chi connectivity index (χ0n) is 11.7. The molecule has 1 aromatic carbocycles. The Morgan fingerprint density at radius 3 is 2.76 bits per heavy atom. The molecular formula is C14H14N2O4S. The van der Waals surface area contributed by atoms with Crippen LogP contribution in [-0.2, 0) is 4.79 Å². The first kappa shape index (κ1) is 13.9. The van der Waals surface area contributed by atoms with Gasteiger partial charge in [-0.05, 0) is 18.2 Å². The Hall–Kier alpha value is -2.02. The van der Waals surface area contributed by atoms with Crippen LogP contribution >= 0.6 is 11.8 Å². The molecule has 0 spiro atoms. The molecule has 1 unspecified atom stereocenters. The van der Waals surface area contributed by atoms with Crippen molar-refractivity contribution < 1.29 is 18.8 Å². The van der Waals surface area contributed by atoms with Gasteiger partial charge in [-0.1, -0.05) is 5.16 Å². The van der Waals surface area contributed by atoms with Crippen LogP contribution < -0.4 is 9.47 Å². The van der Waals surface area contributed by atoms with Crippen molar-refractivity contribution in [2.24, 2.45) is 0 Å². The summed E-state index contributed by atoms with van der Waals surface area (Å²) in [6.45, 7) is 0. The summed E-state index contributed by atoms with van der Waals surface area (Å²) in [5, 5.41) is 3.95. The van der Waals surface area contributed by atoms with Gasteiger partial charge in [0.05, 0.1) is 20.0 Å². The average Bonchev–Trinajstić information content (AvgIpc) is 3.15. The van der Waals surface area contributed by atoms with Gasteiger partial charge < -0.3 is 14.0 Å². The van der Waals surface area contributed by atoms with Gasteiger partial charge in [-0.15, -0.1) is 0 Å². The molecule has 1 aliphatic rings. The number of hydrogen-bond donors (Lipinski definition) is 0. The van der Waals surface area contributed by atoms with Crippen molar-refractivity contribution in [3.05, 3.63) is 24.1 Å². The summed E-state index contributed by atoms with van der Waals surface area (Å²) >= 11 is 1.59. The topological polar surface area (TPSA) is 74.5 Å². The van der Waals surface area contributed by atoms with Crippen molar-refractivity contribution >= 4 is 17.5 Å². The van der Waals surface area contributed by atoms with Crippen LogP contribution in [0.4, 0.5) is 0 Å². The number of benzene rings is 1. The molecule has 3 rings (SSSR count). The van der Waals surface area contributed by atoms with E-state index >= 15 is 0 Å². The molecule has 0 bridgehead atoms. The molecular weight excluding hydrogens is 292 g/mol. The summed E-state index contributed by atoms with van der Waals surface area (Å²) in [5.41, 5.74) is 0.751. The maximum Gasteiger partial charge on any atom is 0.238 e. The summed E-state index contributed by atoms with van der Waals surface area (Å²) in [4.78, 5) is 16.1. The monoisotopic (exact) mass is 306 g/mol. The number of carbonyl (C=O) groups is 1. The van der Waals surface area contributed by atoms with Gasteiger partial charge in [-0.25, -0.2) is 0 Å². The van der Waals surface area contributed by atoms with E-state index in [9.17, 15) is 4.79 Å². The zero-order valence-corrected chi connectivity index (χ0v) is 12.5. The lowest BCUT2D eigenvalue weighted by atomic mass is 10.1.